The summed E-state index contributed by atoms with van der Waals surface area (Å²) < 4.78 is 10.9. The van der Waals surface area contributed by atoms with Crippen LogP contribution in [-0.4, -0.2) is 79.3 Å². The minimum Gasteiger partial charge on any atom is -0.379 e. The van der Waals surface area contributed by atoms with E-state index in [1.807, 2.05) is 13.0 Å². The molecule has 0 aromatic rings. The summed E-state index contributed by atoms with van der Waals surface area (Å²) in [5, 5.41) is 0. The molecule has 0 bridgehead atoms. The van der Waals surface area contributed by atoms with Crippen LogP contribution in [0.4, 0.5) is 0 Å². The molecule has 1 unspecified atom stereocenters. The van der Waals surface area contributed by atoms with Crippen LogP contribution in [0.3, 0.4) is 0 Å². The van der Waals surface area contributed by atoms with Crippen LogP contribution in [0.1, 0.15) is 27.2 Å². The summed E-state index contributed by atoms with van der Waals surface area (Å²) in [5.41, 5.74) is 0.779. The van der Waals surface area contributed by atoms with Crippen molar-refractivity contribution < 1.29 is 14.3 Å². The van der Waals surface area contributed by atoms with Crippen molar-refractivity contribution in [1.82, 2.24) is 9.80 Å². The van der Waals surface area contributed by atoms with Crippen LogP contribution in [0.5, 0.6) is 0 Å². The molecular formula is C19H30N2O3. The highest BCUT2D eigenvalue weighted by Gasteiger charge is 2.39. The largest absolute Gasteiger partial charge is 0.379 e. The first kappa shape index (κ1) is 17.8. The van der Waals surface area contributed by atoms with Crippen LogP contribution in [0.2, 0.25) is 0 Å². The summed E-state index contributed by atoms with van der Waals surface area (Å²) in [4.78, 5) is 17.3. The van der Waals surface area contributed by atoms with Crippen molar-refractivity contribution in [2.24, 2.45) is 0 Å². The first-order chi connectivity index (χ1) is 11.4. The molecule has 0 aromatic heterocycles. The average Bonchev–Trinajstić information content (AvgIpc) is 2.59. The van der Waals surface area contributed by atoms with Gasteiger partial charge in [-0.15, -0.1) is 0 Å². The van der Waals surface area contributed by atoms with Crippen LogP contribution in [0.15, 0.2) is 23.8 Å². The number of carbonyl (C=O) groups excluding carboxylic acids is 1. The Labute approximate surface area is 145 Å². The lowest BCUT2D eigenvalue weighted by molar-refractivity contribution is -0.125. The number of carbonyl (C=O) groups is 1. The van der Waals surface area contributed by atoms with E-state index in [1.54, 1.807) is 6.08 Å². The molecule has 0 aromatic carbocycles. The molecule has 3 rings (SSSR count). The van der Waals surface area contributed by atoms with Crippen molar-refractivity contribution in [1.29, 1.82) is 0 Å². The average molecular weight is 334 g/mol. The molecule has 2 heterocycles. The van der Waals surface area contributed by atoms with Crippen LogP contribution >= 0.6 is 0 Å². The van der Waals surface area contributed by atoms with Gasteiger partial charge in [-0.2, -0.15) is 0 Å². The molecule has 0 amide bonds. The van der Waals surface area contributed by atoms with Crippen LogP contribution in [0.25, 0.3) is 0 Å². The standard InChI is InChI=1S/C19H30N2O3/c1-18(2,20-6-10-23-11-7-20)14-16-4-5-17(22)19(3,15-16)21-8-12-24-13-9-21/h4-5,15H,6-14H2,1-3H3. The zero-order valence-corrected chi connectivity index (χ0v) is 15.2. The molecule has 134 valence electrons. The number of ether oxygens (including phenoxy) is 2. The Morgan fingerprint density at radius 3 is 2.25 bits per heavy atom. The number of ketones is 1. The molecule has 1 atom stereocenters. The Hall–Kier alpha value is -1.01. The summed E-state index contributed by atoms with van der Waals surface area (Å²) in [6, 6.07) is 0. The van der Waals surface area contributed by atoms with E-state index in [-0.39, 0.29) is 11.3 Å². The van der Waals surface area contributed by atoms with Gasteiger partial charge in [-0.3, -0.25) is 14.6 Å². The van der Waals surface area contributed by atoms with E-state index in [0.29, 0.717) is 13.2 Å². The molecule has 2 aliphatic heterocycles. The fourth-order valence-corrected chi connectivity index (χ4v) is 4.00. The molecule has 0 saturated carbocycles. The normalized spacial score (nSPS) is 30.5. The molecule has 1 aliphatic carbocycles. The van der Waals surface area contributed by atoms with Gasteiger partial charge >= 0.3 is 0 Å². The molecule has 5 nitrogen and oxygen atoms in total. The fourth-order valence-electron chi connectivity index (χ4n) is 4.00. The van der Waals surface area contributed by atoms with Gasteiger partial charge in [0.2, 0.25) is 0 Å². The predicted molar refractivity (Wildman–Crippen MR) is 94.1 cm³/mol. The van der Waals surface area contributed by atoms with Crippen molar-refractivity contribution in [2.75, 3.05) is 52.6 Å². The quantitative estimate of drug-likeness (QED) is 0.782. The third kappa shape index (κ3) is 3.64. The van der Waals surface area contributed by atoms with E-state index in [0.717, 1.165) is 45.8 Å². The van der Waals surface area contributed by atoms with E-state index >= 15 is 0 Å². The lowest BCUT2D eigenvalue weighted by atomic mass is 9.82. The number of allylic oxidation sites excluding steroid dienone is 1. The topological polar surface area (TPSA) is 42.0 Å². The monoisotopic (exact) mass is 334 g/mol. The minimum atomic E-state index is -0.533. The van der Waals surface area contributed by atoms with Crippen LogP contribution < -0.4 is 0 Å². The van der Waals surface area contributed by atoms with Gasteiger partial charge in [0, 0.05) is 31.7 Å². The fraction of sp³-hybridized carbons (Fsp3) is 0.737. The summed E-state index contributed by atoms with van der Waals surface area (Å²) >= 11 is 0. The Morgan fingerprint density at radius 1 is 1.04 bits per heavy atom. The summed E-state index contributed by atoms with van der Waals surface area (Å²) in [6.07, 6.45) is 6.90. The zero-order chi connectivity index (χ0) is 17.2. The second-order valence-corrected chi connectivity index (χ2v) is 7.75. The molecule has 3 aliphatic rings. The molecule has 0 N–H and O–H groups in total. The van der Waals surface area contributed by atoms with Gasteiger partial charge in [-0.1, -0.05) is 12.2 Å². The highest BCUT2D eigenvalue weighted by molar-refractivity contribution is 6.01. The third-order valence-electron chi connectivity index (χ3n) is 5.59. The van der Waals surface area contributed by atoms with E-state index in [2.05, 4.69) is 29.7 Å². The molecule has 0 radical (unpaired) electrons. The molecule has 2 saturated heterocycles. The maximum atomic E-state index is 12.6. The summed E-state index contributed by atoms with van der Waals surface area (Å²) in [7, 11) is 0. The van der Waals surface area contributed by atoms with Crippen molar-refractivity contribution >= 4 is 5.78 Å². The number of hydrogen-bond acceptors (Lipinski definition) is 5. The highest BCUT2D eigenvalue weighted by atomic mass is 16.5. The van der Waals surface area contributed by atoms with Crippen LogP contribution in [0, 0.1) is 0 Å². The maximum absolute atomic E-state index is 12.6. The van der Waals surface area contributed by atoms with E-state index in [4.69, 9.17) is 9.47 Å². The Balaban J connectivity index is 1.75. The lowest BCUT2D eigenvalue weighted by Crippen LogP contribution is -2.56. The van der Waals surface area contributed by atoms with Crippen molar-refractivity contribution in [3.63, 3.8) is 0 Å². The van der Waals surface area contributed by atoms with Gasteiger partial charge in [0.1, 0.15) is 5.54 Å². The lowest BCUT2D eigenvalue weighted by Gasteiger charge is -2.44. The van der Waals surface area contributed by atoms with Gasteiger partial charge in [0.25, 0.3) is 0 Å². The van der Waals surface area contributed by atoms with E-state index in [1.165, 1.54) is 5.57 Å². The first-order valence-corrected chi connectivity index (χ1v) is 9.02. The molecular weight excluding hydrogens is 304 g/mol. The molecule has 5 heteroatoms. The van der Waals surface area contributed by atoms with E-state index in [9.17, 15) is 4.79 Å². The second-order valence-electron chi connectivity index (χ2n) is 7.75. The second kappa shape index (κ2) is 7.08. The third-order valence-corrected chi connectivity index (χ3v) is 5.59. The maximum Gasteiger partial charge on any atom is 0.179 e. The van der Waals surface area contributed by atoms with Crippen molar-refractivity contribution in [3.8, 4) is 0 Å². The van der Waals surface area contributed by atoms with Gasteiger partial charge in [-0.25, -0.2) is 0 Å². The Kier molecular flexibility index (Phi) is 5.25. The molecule has 0 spiro atoms. The number of hydrogen-bond donors (Lipinski definition) is 0. The van der Waals surface area contributed by atoms with Gasteiger partial charge in [0.05, 0.1) is 26.4 Å². The highest BCUT2D eigenvalue weighted by Crippen LogP contribution is 2.31. The van der Waals surface area contributed by atoms with Crippen LogP contribution in [-0.2, 0) is 14.3 Å². The summed E-state index contributed by atoms with van der Waals surface area (Å²) in [5.74, 6) is 0.178. The van der Waals surface area contributed by atoms with Crippen molar-refractivity contribution in [3.05, 3.63) is 23.8 Å². The Morgan fingerprint density at radius 2 is 1.62 bits per heavy atom. The smallest absolute Gasteiger partial charge is 0.179 e. The van der Waals surface area contributed by atoms with E-state index < -0.39 is 5.54 Å². The summed E-state index contributed by atoms with van der Waals surface area (Å²) in [6.45, 7) is 13.2. The molecule has 2 fully saturated rings. The zero-order valence-electron chi connectivity index (χ0n) is 15.2. The minimum absolute atomic E-state index is 0.0618. The van der Waals surface area contributed by atoms with Gasteiger partial charge in [-0.05, 0) is 38.8 Å². The SMILES string of the molecule is CC(C)(CC1=CC(C)(N2CCOCC2)C(=O)C=C1)N1CCOCC1. The number of rotatable bonds is 4. The first-order valence-electron chi connectivity index (χ1n) is 9.02. The van der Waals surface area contributed by atoms with Crippen molar-refractivity contribution in [2.45, 2.75) is 38.3 Å². The van der Waals surface area contributed by atoms with Gasteiger partial charge < -0.3 is 9.47 Å². The molecule has 24 heavy (non-hydrogen) atoms. The number of nitrogens with zero attached hydrogens (tertiary/aromatic N) is 2. The Bertz CT molecular complexity index is 529. The predicted octanol–water partition coefficient (Wildman–Crippen LogP) is 1.64. The number of morpholine rings is 2. The van der Waals surface area contributed by atoms with Gasteiger partial charge in [0.15, 0.2) is 5.78 Å².